The molecule has 0 aliphatic carbocycles. The third kappa shape index (κ3) is 57.7. The molecule has 0 aromatic rings. The van der Waals surface area contributed by atoms with Crippen molar-refractivity contribution in [1.82, 2.24) is 0 Å². The number of carbonyl (C=O) groups is 3. The smallest absolute Gasteiger partial charge is 0.306 e. The average Bonchev–Trinajstić information content (AvgIpc) is 3.38. The molecule has 6 nitrogen and oxygen atoms in total. The van der Waals surface area contributed by atoms with Crippen LogP contribution in [0.5, 0.6) is 0 Å². The van der Waals surface area contributed by atoms with Crippen molar-refractivity contribution >= 4 is 17.9 Å². The maximum absolute atomic E-state index is 12.9. The minimum absolute atomic E-state index is 0.0753. The lowest BCUT2D eigenvalue weighted by Gasteiger charge is -2.18. The maximum atomic E-state index is 12.9. The van der Waals surface area contributed by atoms with Crippen LogP contribution < -0.4 is 0 Å². The highest BCUT2D eigenvalue weighted by atomic mass is 16.6. The molecule has 1 unspecified atom stereocenters. The maximum Gasteiger partial charge on any atom is 0.306 e. The number of ether oxygens (including phenoxy) is 3. The SMILES string of the molecule is CC/C=C\C/C=C\C/C=C\C/C=C\CCCCCCCCCCCCCCCCC(=O)OCC(COC(=O)CCCCCCCCCCC)OC(=O)CCCCCCCCC/C=C\C/C=C\CCCCCC. The summed E-state index contributed by atoms with van der Waals surface area (Å²) in [6, 6.07) is 0. The van der Waals surface area contributed by atoms with Crippen molar-refractivity contribution in [3.63, 3.8) is 0 Å². The highest BCUT2D eigenvalue weighted by Gasteiger charge is 2.19. The molecule has 0 saturated heterocycles. The first-order chi connectivity index (χ1) is 35.5. The summed E-state index contributed by atoms with van der Waals surface area (Å²) in [5, 5.41) is 0. The van der Waals surface area contributed by atoms with Crippen LogP contribution in [-0.4, -0.2) is 37.2 Å². The van der Waals surface area contributed by atoms with Gasteiger partial charge in [0.1, 0.15) is 13.2 Å². The van der Waals surface area contributed by atoms with Crippen LogP contribution in [0.2, 0.25) is 0 Å². The molecule has 0 fully saturated rings. The molecule has 0 spiro atoms. The molecule has 0 saturated carbocycles. The van der Waals surface area contributed by atoms with Crippen molar-refractivity contribution in [2.24, 2.45) is 0 Å². The first kappa shape index (κ1) is 68.8. The van der Waals surface area contributed by atoms with E-state index in [2.05, 4.69) is 93.7 Å². The summed E-state index contributed by atoms with van der Waals surface area (Å²) in [6.07, 6.45) is 77.7. The van der Waals surface area contributed by atoms with Gasteiger partial charge in [0.25, 0.3) is 0 Å². The minimum Gasteiger partial charge on any atom is -0.462 e. The standard InChI is InChI=1S/C66H116O6/c1-4-7-10-13-16-19-21-23-25-27-29-30-31-32-33-34-35-36-37-39-40-42-44-47-50-53-56-59-65(68)71-62-63(61-70-64(67)58-55-52-49-46-18-15-12-9-6-3)72-66(69)60-57-54-51-48-45-43-41-38-28-26-24-22-20-17-14-11-8-5-2/h7,10,16,19-20,22-23,25-26,28-30,63H,4-6,8-9,11-15,17-18,21,24,27,31-62H2,1-3H3/b10-7-,19-16-,22-20-,25-23-,28-26-,30-29-. The highest BCUT2D eigenvalue weighted by Crippen LogP contribution is 2.16. The molecule has 0 aromatic carbocycles. The van der Waals surface area contributed by atoms with Gasteiger partial charge in [0.2, 0.25) is 0 Å². The summed E-state index contributed by atoms with van der Waals surface area (Å²) in [5.74, 6) is -0.874. The van der Waals surface area contributed by atoms with Gasteiger partial charge in [0.15, 0.2) is 6.10 Å². The first-order valence-corrected chi connectivity index (χ1v) is 30.9. The monoisotopic (exact) mass is 1000 g/mol. The van der Waals surface area contributed by atoms with E-state index in [1.807, 2.05) is 0 Å². The molecule has 0 radical (unpaired) electrons. The topological polar surface area (TPSA) is 78.9 Å². The second-order valence-corrected chi connectivity index (χ2v) is 20.6. The Balaban J connectivity index is 4.18. The van der Waals surface area contributed by atoms with E-state index in [1.54, 1.807) is 0 Å². The normalized spacial score (nSPS) is 12.5. The third-order valence-electron chi connectivity index (χ3n) is 13.4. The number of unbranched alkanes of at least 4 members (excludes halogenated alkanes) is 33. The van der Waals surface area contributed by atoms with E-state index in [1.165, 1.54) is 173 Å². The molecule has 0 bridgehead atoms. The lowest BCUT2D eigenvalue weighted by Crippen LogP contribution is -2.30. The van der Waals surface area contributed by atoms with Gasteiger partial charge in [-0.15, -0.1) is 0 Å². The van der Waals surface area contributed by atoms with Gasteiger partial charge in [0.05, 0.1) is 0 Å². The van der Waals surface area contributed by atoms with Crippen LogP contribution in [0.15, 0.2) is 72.9 Å². The van der Waals surface area contributed by atoms with Crippen LogP contribution in [-0.2, 0) is 28.6 Å². The molecule has 1 atom stereocenters. The number of allylic oxidation sites excluding steroid dienone is 12. The Hall–Kier alpha value is -3.15. The Morgan fingerprint density at radius 2 is 0.542 bits per heavy atom. The van der Waals surface area contributed by atoms with E-state index in [0.717, 1.165) is 96.3 Å². The molecule has 6 heteroatoms. The second kappa shape index (κ2) is 60.4. The summed E-state index contributed by atoms with van der Waals surface area (Å²) in [4.78, 5) is 38.1. The summed E-state index contributed by atoms with van der Waals surface area (Å²) in [7, 11) is 0. The van der Waals surface area contributed by atoms with E-state index in [9.17, 15) is 14.4 Å². The zero-order valence-electron chi connectivity index (χ0n) is 47.7. The fraction of sp³-hybridized carbons (Fsp3) is 0.773. The predicted octanol–water partition coefficient (Wildman–Crippen LogP) is 20.9. The lowest BCUT2D eigenvalue weighted by atomic mass is 10.0. The molecule has 0 aromatic heterocycles. The van der Waals surface area contributed by atoms with Crippen LogP contribution in [0.1, 0.15) is 310 Å². The summed E-state index contributed by atoms with van der Waals surface area (Å²) in [6.45, 7) is 6.51. The first-order valence-electron chi connectivity index (χ1n) is 30.9. The Labute approximate surface area is 446 Å². The Morgan fingerprint density at radius 3 is 0.861 bits per heavy atom. The predicted molar refractivity (Wildman–Crippen MR) is 311 cm³/mol. The van der Waals surface area contributed by atoms with Gasteiger partial charge < -0.3 is 14.2 Å². The van der Waals surface area contributed by atoms with Crippen LogP contribution in [0.3, 0.4) is 0 Å². The molecule has 0 rings (SSSR count). The summed E-state index contributed by atoms with van der Waals surface area (Å²) in [5.41, 5.74) is 0. The van der Waals surface area contributed by atoms with Crippen LogP contribution in [0, 0.1) is 0 Å². The number of hydrogen-bond donors (Lipinski definition) is 0. The van der Waals surface area contributed by atoms with E-state index in [0.29, 0.717) is 19.3 Å². The molecule has 0 aliphatic rings. The molecule has 0 aliphatic heterocycles. The zero-order valence-corrected chi connectivity index (χ0v) is 47.7. The summed E-state index contributed by atoms with van der Waals surface area (Å²) >= 11 is 0. The third-order valence-corrected chi connectivity index (χ3v) is 13.4. The van der Waals surface area contributed by atoms with Gasteiger partial charge >= 0.3 is 17.9 Å². The molecule has 0 N–H and O–H groups in total. The molecular formula is C66H116O6. The van der Waals surface area contributed by atoms with Gasteiger partial charge in [-0.05, 0) is 89.9 Å². The highest BCUT2D eigenvalue weighted by molar-refractivity contribution is 5.71. The van der Waals surface area contributed by atoms with Crippen molar-refractivity contribution in [3.8, 4) is 0 Å². The van der Waals surface area contributed by atoms with Crippen molar-refractivity contribution in [2.75, 3.05) is 13.2 Å². The lowest BCUT2D eigenvalue weighted by molar-refractivity contribution is -0.167. The zero-order chi connectivity index (χ0) is 52.2. The van der Waals surface area contributed by atoms with E-state index in [4.69, 9.17) is 14.2 Å². The number of hydrogen-bond acceptors (Lipinski definition) is 6. The van der Waals surface area contributed by atoms with Gasteiger partial charge in [-0.3, -0.25) is 14.4 Å². The Kier molecular flexibility index (Phi) is 57.8. The quantitative estimate of drug-likeness (QED) is 0.0261. The van der Waals surface area contributed by atoms with Gasteiger partial charge in [-0.25, -0.2) is 0 Å². The summed E-state index contributed by atoms with van der Waals surface area (Å²) < 4.78 is 16.9. The van der Waals surface area contributed by atoms with Crippen LogP contribution in [0.25, 0.3) is 0 Å². The molecule has 416 valence electrons. The largest absolute Gasteiger partial charge is 0.462 e. The van der Waals surface area contributed by atoms with Crippen molar-refractivity contribution in [3.05, 3.63) is 72.9 Å². The van der Waals surface area contributed by atoms with Gasteiger partial charge in [0, 0.05) is 19.3 Å². The van der Waals surface area contributed by atoms with E-state index in [-0.39, 0.29) is 31.1 Å². The molecule has 0 heterocycles. The van der Waals surface area contributed by atoms with Crippen molar-refractivity contribution < 1.29 is 28.6 Å². The van der Waals surface area contributed by atoms with Crippen molar-refractivity contribution in [1.29, 1.82) is 0 Å². The molecule has 0 amide bonds. The van der Waals surface area contributed by atoms with Gasteiger partial charge in [-0.2, -0.15) is 0 Å². The second-order valence-electron chi connectivity index (χ2n) is 20.6. The fourth-order valence-electron chi connectivity index (χ4n) is 8.82. The fourth-order valence-corrected chi connectivity index (χ4v) is 8.82. The molecule has 72 heavy (non-hydrogen) atoms. The Bertz CT molecular complexity index is 1340. The Morgan fingerprint density at radius 1 is 0.292 bits per heavy atom. The average molecular weight is 1010 g/mol. The minimum atomic E-state index is -0.777. The number of carbonyl (C=O) groups excluding carboxylic acids is 3. The number of esters is 3. The number of rotatable bonds is 56. The van der Waals surface area contributed by atoms with Crippen LogP contribution >= 0.6 is 0 Å². The molecular weight excluding hydrogens is 889 g/mol. The van der Waals surface area contributed by atoms with Crippen LogP contribution in [0.4, 0.5) is 0 Å². The van der Waals surface area contributed by atoms with Crippen molar-refractivity contribution in [2.45, 2.75) is 316 Å². The van der Waals surface area contributed by atoms with E-state index < -0.39 is 6.10 Å². The van der Waals surface area contributed by atoms with Gasteiger partial charge in [-0.1, -0.05) is 273 Å². The van der Waals surface area contributed by atoms with E-state index >= 15 is 0 Å².